The quantitative estimate of drug-likeness (QED) is 0.611. The minimum absolute atomic E-state index is 0.0123. The second-order valence-corrected chi connectivity index (χ2v) is 3.24. The third kappa shape index (κ3) is 2.14. The molecule has 0 aliphatic carbocycles. The first-order chi connectivity index (χ1) is 8.39. The van der Waals surface area contributed by atoms with Crippen LogP contribution in [-0.2, 0) is 6.18 Å². The molecule has 9 heteroatoms. The number of alkyl halides is 3. The molecule has 0 aliphatic heterocycles. The number of nitrogens with zero attached hydrogens (tertiary/aromatic N) is 3. The lowest BCUT2D eigenvalue weighted by atomic mass is 10.1. The zero-order valence-corrected chi connectivity index (χ0v) is 8.51. The molecule has 0 atom stereocenters. The summed E-state index contributed by atoms with van der Waals surface area (Å²) in [6.45, 7) is 0. The van der Waals surface area contributed by atoms with Gasteiger partial charge in [-0.2, -0.15) is 18.2 Å². The van der Waals surface area contributed by atoms with Gasteiger partial charge < -0.3 is 4.52 Å². The van der Waals surface area contributed by atoms with Crippen molar-refractivity contribution in [2.45, 2.75) is 6.18 Å². The Morgan fingerprint density at radius 2 is 2.06 bits per heavy atom. The van der Waals surface area contributed by atoms with Crippen LogP contribution in [0.5, 0.6) is 0 Å². The maximum atomic E-state index is 12.7. The molecule has 94 valence electrons. The van der Waals surface area contributed by atoms with Gasteiger partial charge in [0.15, 0.2) is 0 Å². The minimum atomic E-state index is -4.83. The molecule has 1 aromatic heterocycles. The van der Waals surface area contributed by atoms with Gasteiger partial charge in [-0.1, -0.05) is 5.16 Å². The van der Waals surface area contributed by atoms with Crippen LogP contribution in [0.2, 0.25) is 0 Å². The second-order valence-electron chi connectivity index (χ2n) is 3.24. The minimum Gasteiger partial charge on any atom is -0.342 e. The van der Waals surface area contributed by atoms with Crippen molar-refractivity contribution in [2.24, 2.45) is 0 Å². The van der Waals surface area contributed by atoms with Crippen molar-refractivity contribution in [1.82, 2.24) is 10.1 Å². The molecular weight excluding hydrogens is 255 g/mol. The van der Waals surface area contributed by atoms with Crippen molar-refractivity contribution < 1.29 is 22.6 Å². The van der Waals surface area contributed by atoms with Gasteiger partial charge >= 0.3 is 6.18 Å². The third-order valence-corrected chi connectivity index (χ3v) is 2.12. The number of halogens is 3. The highest BCUT2D eigenvalue weighted by atomic mass is 19.4. The van der Waals surface area contributed by atoms with E-state index in [1.165, 1.54) is 0 Å². The van der Waals surface area contributed by atoms with Crippen molar-refractivity contribution in [2.75, 3.05) is 0 Å². The van der Waals surface area contributed by atoms with E-state index in [0.29, 0.717) is 6.07 Å². The summed E-state index contributed by atoms with van der Waals surface area (Å²) in [7, 11) is 0. The molecular formula is C9H4F3N3O3. The molecule has 0 fully saturated rings. The molecule has 0 amide bonds. The van der Waals surface area contributed by atoms with E-state index in [1.807, 2.05) is 0 Å². The highest BCUT2D eigenvalue weighted by Crippen LogP contribution is 2.37. The van der Waals surface area contributed by atoms with E-state index >= 15 is 0 Å². The van der Waals surface area contributed by atoms with Gasteiger partial charge in [0.2, 0.25) is 12.2 Å². The van der Waals surface area contributed by atoms with Gasteiger partial charge in [-0.25, -0.2) is 0 Å². The number of benzene rings is 1. The summed E-state index contributed by atoms with van der Waals surface area (Å²) >= 11 is 0. The summed E-state index contributed by atoms with van der Waals surface area (Å²) in [5, 5.41) is 13.9. The van der Waals surface area contributed by atoms with Gasteiger partial charge in [-0.05, 0) is 12.1 Å². The fraction of sp³-hybridized carbons (Fsp3) is 0.111. The number of rotatable bonds is 2. The molecule has 2 aromatic rings. The Balaban J connectivity index is 2.60. The predicted octanol–water partition coefficient (Wildman–Crippen LogP) is 2.66. The maximum Gasteiger partial charge on any atom is 0.423 e. The molecule has 0 radical (unpaired) electrons. The topological polar surface area (TPSA) is 82.1 Å². The lowest BCUT2D eigenvalue weighted by Crippen LogP contribution is -2.09. The van der Waals surface area contributed by atoms with Crippen LogP contribution in [0.1, 0.15) is 5.56 Å². The van der Waals surface area contributed by atoms with E-state index in [-0.39, 0.29) is 11.4 Å². The van der Waals surface area contributed by atoms with Crippen LogP contribution >= 0.6 is 0 Å². The molecule has 0 spiro atoms. The van der Waals surface area contributed by atoms with E-state index in [9.17, 15) is 23.3 Å². The normalized spacial score (nSPS) is 11.5. The molecule has 0 saturated heterocycles. The van der Waals surface area contributed by atoms with Crippen LogP contribution < -0.4 is 0 Å². The van der Waals surface area contributed by atoms with Gasteiger partial charge in [0.05, 0.1) is 4.92 Å². The fourth-order valence-corrected chi connectivity index (χ4v) is 1.36. The molecule has 2 rings (SSSR count). The first kappa shape index (κ1) is 12.0. The summed E-state index contributed by atoms with van der Waals surface area (Å²) < 4.78 is 42.4. The highest BCUT2D eigenvalue weighted by Gasteiger charge is 2.38. The zero-order chi connectivity index (χ0) is 13.3. The van der Waals surface area contributed by atoms with Gasteiger partial charge in [-0.15, -0.1) is 0 Å². The summed E-state index contributed by atoms with van der Waals surface area (Å²) in [5.74, 6) is -0.0737. The Morgan fingerprint density at radius 1 is 1.33 bits per heavy atom. The van der Waals surface area contributed by atoms with Crippen LogP contribution in [-0.4, -0.2) is 15.1 Å². The van der Waals surface area contributed by atoms with E-state index in [2.05, 4.69) is 14.7 Å². The van der Waals surface area contributed by atoms with Crippen molar-refractivity contribution in [3.63, 3.8) is 0 Å². The molecule has 18 heavy (non-hydrogen) atoms. The lowest BCUT2D eigenvalue weighted by molar-refractivity contribution is -0.388. The first-order valence-electron chi connectivity index (χ1n) is 4.52. The Morgan fingerprint density at radius 3 is 2.56 bits per heavy atom. The molecule has 0 saturated carbocycles. The standard InChI is InChI=1S/C9H4F3N3O3/c10-9(11,12)6-3-5(8-13-4-18-14-8)1-2-7(6)15(16)17/h1-4H. The number of hydrogen-bond donors (Lipinski definition) is 0. The molecule has 1 heterocycles. The smallest absolute Gasteiger partial charge is 0.342 e. The number of nitro groups is 1. The maximum absolute atomic E-state index is 12.7. The molecule has 0 N–H and O–H groups in total. The van der Waals surface area contributed by atoms with E-state index in [1.54, 1.807) is 0 Å². The summed E-state index contributed by atoms with van der Waals surface area (Å²) in [5.41, 5.74) is -2.38. The first-order valence-corrected chi connectivity index (χ1v) is 4.52. The highest BCUT2D eigenvalue weighted by molar-refractivity contribution is 5.60. The van der Waals surface area contributed by atoms with E-state index in [0.717, 1.165) is 18.5 Å². The van der Waals surface area contributed by atoms with Crippen molar-refractivity contribution in [3.05, 3.63) is 40.3 Å². The average Bonchev–Trinajstić information content (AvgIpc) is 2.80. The molecule has 1 aromatic carbocycles. The summed E-state index contributed by atoms with van der Waals surface area (Å²) in [6.07, 6.45) is -3.88. The largest absolute Gasteiger partial charge is 0.423 e. The number of aromatic nitrogens is 2. The van der Waals surface area contributed by atoms with Gasteiger partial charge in [-0.3, -0.25) is 10.1 Å². The SMILES string of the molecule is O=[N+]([O-])c1ccc(-c2ncon2)cc1C(F)(F)F. The van der Waals surface area contributed by atoms with Gasteiger partial charge in [0.25, 0.3) is 5.69 Å². The molecule has 6 nitrogen and oxygen atoms in total. The van der Waals surface area contributed by atoms with Gasteiger partial charge in [0, 0.05) is 11.6 Å². The Kier molecular flexibility index (Phi) is 2.73. The van der Waals surface area contributed by atoms with Crippen LogP contribution in [0.3, 0.4) is 0 Å². The number of hydrogen-bond acceptors (Lipinski definition) is 5. The van der Waals surface area contributed by atoms with Crippen LogP contribution in [0.4, 0.5) is 18.9 Å². The van der Waals surface area contributed by atoms with Crippen LogP contribution in [0, 0.1) is 10.1 Å². The second kappa shape index (κ2) is 4.09. The van der Waals surface area contributed by atoms with E-state index < -0.39 is 22.4 Å². The Bertz CT molecular complexity index is 580. The Labute approximate surface area is 97.2 Å². The summed E-state index contributed by atoms with van der Waals surface area (Å²) in [6, 6.07) is 2.50. The summed E-state index contributed by atoms with van der Waals surface area (Å²) in [4.78, 5) is 13.0. The fourth-order valence-electron chi connectivity index (χ4n) is 1.36. The Hall–Kier alpha value is -2.45. The van der Waals surface area contributed by atoms with Crippen LogP contribution in [0.15, 0.2) is 29.1 Å². The van der Waals surface area contributed by atoms with Gasteiger partial charge in [0.1, 0.15) is 5.56 Å². The zero-order valence-electron chi connectivity index (χ0n) is 8.51. The molecule has 0 unspecified atom stereocenters. The lowest BCUT2D eigenvalue weighted by Gasteiger charge is -2.08. The van der Waals surface area contributed by atoms with Crippen molar-refractivity contribution in [3.8, 4) is 11.4 Å². The van der Waals surface area contributed by atoms with E-state index in [4.69, 9.17) is 0 Å². The predicted molar refractivity (Wildman–Crippen MR) is 51.4 cm³/mol. The van der Waals surface area contributed by atoms with Crippen LogP contribution in [0.25, 0.3) is 11.4 Å². The molecule has 0 aliphatic rings. The van der Waals surface area contributed by atoms with Crippen molar-refractivity contribution in [1.29, 1.82) is 0 Å². The molecule has 0 bridgehead atoms. The number of nitro benzene ring substituents is 1. The monoisotopic (exact) mass is 259 g/mol. The third-order valence-electron chi connectivity index (χ3n) is 2.12. The van der Waals surface area contributed by atoms with Crippen molar-refractivity contribution >= 4 is 5.69 Å². The average molecular weight is 259 g/mol.